The third kappa shape index (κ3) is 4.64. The summed E-state index contributed by atoms with van der Waals surface area (Å²) in [4.78, 5) is 24.8. The van der Waals surface area contributed by atoms with E-state index in [4.69, 9.17) is 9.84 Å². The minimum absolute atomic E-state index is 0.221. The van der Waals surface area contributed by atoms with Crippen molar-refractivity contribution < 1.29 is 19.4 Å². The van der Waals surface area contributed by atoms with Crippen LogP contribution in [0.1, 0.15) is 40.1 Å². The van der Waals surface area contributed by atoms with Crippen molar-refractivity contribution in [3.8, 4) is 5.75 Å². The number of thioether (sulfide) groups is 1. The molecule has 2 aromatic rings. The topological polar surface area (TPSA) is 63.6 Å². The molecule has 0 saturated carbocycles. The van der Waals surface area contributed by atoms with Crippen LogP contribution in [0.2, 0.25) is 0 Å². The van der Waals surface area contributed by atoms with E-state index in [0.29, 0.717) is 12.2 Å². The lowest BCUT2D eigenvalue weighted by Gasteiger charge is -2.13. The lowest BCUT2D eigenvalue weighted by atomic mass is 10.1. The summed E-state index contributed by atoms with van der Waals surface area (Å²) in [5.74, 6) is 0.866. The van der Waals surface area contributed by atoms with Gasteiger partial charge in [0.1, 0.15) is 5.75 Å². The highest BCUT2D eigenvalue weighted by Crippen LogP contribution is 2.38. The number of ether oxygens (including phenoxy) is 1. The number of carbonyl (C=O) groups excluding carboxylic acids is 1. The van der Waals surface area contributed by atoms with Crippen molar-refractivity contribution >= 4 is 34.9 Å². The van der Waals surface area contributed by atoms with Gasteiger partial charge in [-0.25, -0.2) is 4.79 Å². The van der Waals surface area contributed by atoms with Crippen LogP contribution in [0.5, 0.6) is 5.75 Å². The zero-order valence-corrected chi connectivity index (χ0v) is 15.5. The second-order valence-corrected chi connectivity index (χ2v) is 7.99. The monoisotopic (exact) mass is 376 g/mol. The van der Waals surface area contributed by atoms with E-state index in [0.717, 1.165) is 41.9 Å². The van der Waals surface area contributed by atoms with Gasteiger partial charge in [0.05, 0.1) is 4.88 Å². The van der Waals surface area contributed by atoms with Gasteiger partial charge in [-0.3, -0.25) is 4.79 Å². The van der Waals surface area contributed by atoms with Crippen molar-refractivity contribution in [2.45, 2.75) is 37.0 Å². The molecule has 0 atom stereocenters. The molecule has 0 unspecified atom stereocenters. The fourth-order valence-corrected chi connectivity index (χ4v) is 4.79. The van der Waals surface area contributed by atoms with Gasteiger partial charge in [-0.2, -0.15) is 0 Å². The van der Waals surface area contributed by atoms with Crippen molar-refractivity contribution in [2.24, 2.45) is 0 Å². The molecule has 132 valence electrons. The molecule has 4 nitrogen and oxygen atoms in total. The highest BCUT2D eigenvalue weighted by molar-refractivity contribution is 7.99. The standard InChI is InChI=1S/C19H20O4S2/c20-15(18-7-3-11-25-18)6-2-10-24-17-9-8-16(23-12-19(21)22)13-4-1-5-14(13)17/h3,7-9,11H,1-2,4-6,10,12H2,(H,21,22). The quantitative estimate of drug-likeness (QED) is 0.398. The molecule has 0 amide bonds. The van der Waals surface area contributed by atoms with E-state index in [1.165, 1.54) is 21.8 Å². The highest BCUT2D eigenvalue weighted by atomic mass is 32.2. The number of carboxylic acids is 1. The molecule has 1 N–H and O–H groups in total. The number of rotatable bonds is 9. The van der Waals surface area contributed by atoms with Gasteiger partial charge in [0.15, 0.2) is 12.4 Å². The molecule has 0 saturated heterocycles. The molecule has 0 spiro atoms. The number of carboxylic acid groups (broad SMARTS) is 1. The van der Waals surface area contributed by atoms with Crippen LogP contribution >= 0.6 is 23.1 Å². The summed E-state index contributed by atoms with van der Waals surface area (Å²) in [5.41, 5.74) is 2.44. The third-order valence-electron chi connectivity index (χ3n) is 4.15. The molecule has 1 aliphatic carbocycles. The van der Waals surface area contributed by atoms with Crippen molar-refractivity contribution in [1.29, 1.82) is 0 Å². The minimum atomic E-state index is -0.958. The molecule has 1 heterocycles. The average Bonchev–Trinajstić information content (AvgIpc) is 3.28. The van der Waals surface area contributed by atoms with E-state index in [1.54, 1.807) is 11.8 Å². The Morgan fingerprint density at radius 2 is 2.04 bits per heavy atom. The Kier molecular flexibility index (Phi) is 6.15. The maximum absolute atomic E-state index is 12.0. The molecular weight excluding hydrogens is 356 g/mol. The highest BCUT2D eigenvalue weighted by Gasteiger charge is 2.20. The first kappa shape index (κ1) is 18.0. The Hall–Kier alpha value is -1.79. The van der Waals surface area contributed by atoms with Crippen LogP contribution in [-0.4, -0.2) is 29.2 Å². The predicted octanol–water partition coefficient (Wildman–Crippen LogP) is 4.46. The van der Waals surface area contributed by atoms with Crippen molar-refractivity contribution in [3.05, 3.63) is 45.6 Å². The Bertz CT molecular complexity index is 753. The number of aliphatic carboxylic acids is 1. The second kappa shape index (κ2) is 8.54. The first-order chi connectivity index (χ1) is 12.1. The molecule has 0 fully saturated rings. The lowest BCUT2D eigenvalue weighted by molar-refractivity contribution is -0.139. The van der Waals surface area contributed by atoms with Gasteiger partial charge in [0.2, 0.25) is 0 Å². The summed E-state index contributed by atoms with van der Waals surface area (Å²) in [5, 5.41) is 10.7. The summed E-state index contributed by atoms with van der Waals surface area (Å²) < 4.78 is 5.41. The first-order valence-electron chi connectivity index (χ1n) is 8.34. The summed E-state index contributed by atoms with van der Waals surface area (Å²) in [6, 6.07) is 7.69. The van der Waals surface area contributed by atoms with Gasteiger partial charge < -0.3 is 9.84 Å². The molecule has 3 rings (SSSR count). The molecule has 6 heteroatoms. The number of hydrogen-bond acceptors (Lipinski definition) is 5. The number of fused-ring (bicyclic) bond motifs is 1. The van der Waals surface area contributed by atoms with Crippen LogP contribution in [0.15, 0.2) is 34.5 Å². The number of hydrogen-bond donors (Lipinski definition) is 1. The van der Waals surface area contributed by atoms with E-state index in [9.17, 15) is 9.59 Å². The van der Waals surface area contributed by atoms with Gasteiger partial charge in [-0.15, -0.1) is 23.1 Å². The maximum atomic E-state index is 12.0. The minimum Gasteiger partial charge on any atom is -0.482 e. The zero-order chi connectivity index (χ0) is 17.6. The fraction of sp³-hybridized carbons (Fsp3) is 0.368. The Morgan fingerprint density at radius 1 is 1.20 bits per heavy atom. The van der Waals surface area contributed by atoms with Gasteiger partial charge in [0.25, 0.3) is 0 Å². The normalized spacial score (nSPS) is 12.8. The largest absolute Gasteiger partial charge is 0.482 e. The summed E-state index contributed by atoms with van der Waals surface area (Å²) in [7, 11) is 0. The van der Waals surface area contributed by atoms with Gasteiger partial charge in [-0.1, -0.05) is 6.07 Å². The number of ketones is 1. The molecule has 1 aromatic heterocycles. The van der Waals surface area contributed by atoms with Crippen LogP contribution in [0.4, 0.5) is 0 Å². The van der Waals surface area contributed by atoms with E-state index >= 15 is 0 Å². The molecule has 1 aliphatic rings. The van der Waals surface area contributed by atoms with Crippen molar-refractivity contribution in [3.63, 3.8) is 0 Å². The maximum Gasteiger partial charge on any atom is 0.341 e. The Labute approximate surface area is 155 Å². The fourth-order valence-electron chi connectivity index (χ4n) is 3.03. The summed E-state index contributed by atoms with van der Waals surface area (Å²) in [6.07, 6.45) is 4.46. The number of benzene rings is 1. The molecule has 0 aliphatic heterocycles. The van der Waals surface area contributed by atoms with Crippen molar-refractivity contribution in [1.82, 2.24) is 0 Å². The summed E-state index contributed by atoms with van der Waals surface area (Å²) in [6.45, 7) is -0.302. The molecular formula is C19H20O4S2. The Balaban J connectivity index is 1.55. The van der Waals surface area contributed by atoms with E-state index < -0.39 is 5.97 Å². The van der Waals surface area contributed by atoms with Gasteiger partial charge in [0, 0.05) is 11.3 Å². The lowest BCUT2D eigenvalue weighted by Crippen LogP contribution is -2.10. The number of carbonyl (C=O) groups is 2. The van der Waals surface area contributed by atoms with Crippen molar-refractivity contribution in [2.75, 3.05) is 12.4 Å². The van der Waals surface area contributed by atoms with E-state index in [1.807, 2.05) is 29.6 Å². The van der Waals surface area contributed by atoms with Gasteiger partial charge in [-0.05, 0) is 66.1 Å². The van der Waals surface area contributed by atoms with Crippen LogP contribution in [0.25, 0.3) is 0 Å². The average molecular weight is 376 g/mol. The molecule has 0 bridgehead atoms. The third-order valence-corrected chi connectivity index (χ3v) is 6.25. The SMILES string of the molecule is O=C(O)COc1ccc(SCCCC(=O)c2cccs2)c2c1CCC2. The van der Waals surface area contributed by atoms with E-state index in [2.05, 4.69) is 0 Å². The van der Waals surface area contributed by atoms with Crippen LogP contribution < -0.4 is 4.74 Å². The molecule has 0 radical (unpaired) electrons. The van der Waals surface area contributed by atoms with Crippen LogP contribution in [-0.2, 0) is 17.6 Å². The molecule has 1 aromatic carbocycles. The first-order valence-corrected chi connectivity index (χ1v) is 10.2. The number of thiophene rings is 1. The summed E-state index contributed by atoms with van der Waals surface area (Å²) >= 11 is 3.28. The zero-order valence-electron chi connectivity index (χ0n) is 13.8. The molecule has 25 heavy (non-hydrogen) atoms. The Morgan fingerprint density at radius 3 is 2.80 bits per heavy atom. The van der Waals surface area contributed by atoms with Gasteiger partial charge >= 0.3 is 5.97 Å². The second-order valence-electron chi connectivity index (χ2n) is 5.91. The number of Topliss-reactive ketones (excluding diaryl/α,β-unsaturated/α-hetero) is 1. The van der Waals surface area contributed by atoms with Crippen LogP contribution in [0.3, 0.4) is 0 Å². The van der Waals surface area contributed by atoms with E-state index in [-0.39, 0.29) is 12.4 Å². The smallest absolute Gasteiger partial charge is 0.341 e. The van der Waals surface area contributed by atoms with Crippen LogP contribution in [0, 0.1) is 0 Å². The predicted molar refractivity (Wildman–Crippen MR) is 100 cm³/mol.